The lowest BCUT2D eigenvalue weighted by Crippen LogP contribution is -2.31. The van der Waals surface area contributed by atoms with Crippen molar-refractivity contribution in [2.45, 2.75) is 13.0 Å². The van der Waals surface area contributed by atoms with E-state index in [1.165, 1.54) is 4.68 Å². The monoisotopic (exact) mass is 473 g/mol. The molecule has 0 saturated heterocycles. The quantitative estimate of drug-likeness (QED) is 0.371. The summed E-state index contributed by atoms with van der Waals surface area (Å²) >= 11 is 0. The molecule has 0 fully saturated rings. The average molecular weight is 474 g/mol. The Hall–Kier alpha value is -4.17. The van der Waals surface area contributed by atoms with Crippen LogP contribution in [0.1, 0.15) is 29.0 Å². The Morgan fingerprint density at radius 2 is 1.66 bits per heavy atom. The normalized spacial score (nSPS) is 11.7. The SMILES string of the molecule is COCCOc1ccc(C(C)NC(=O)c2nn(-c3ccccc3)c(=O)c3ccccc23)cc1OC. The fourth-order valence-corrected chi connectivity index (χ4v) is 3.76. The van der Waals surface area contributed by atoms with E-state index in [-0.39, 0.29) is 17.3 Å². The summed E-state index contributed by atoms with van der Waals surface area (Å²) in [6.45, 7) is 2.73. The van der Waals surface area contributed by atoms with Crippen LogP contribution in [0.4, 0.5) is 0 Å². The van der Waals surface area contributed by atoms with Crippen molar-refractivity contribution in [3.8, 4) is 17.2 Å². The van der Waals surface area contributed by atoms with Gasteiger partial charge in [0.15, 0.2) is 17.2 Å². The molecule has 0 radical (unpaired) electrons. The summed E-state index contributed by atoms with van der Waals surface area (Å²) in [6.07, 6.45) is 0. The second-order valence-corrected chi connectivity index (χ2v) is 7.89. The van der Waals surface area contributed by atoms with Crippen molar-refractivity contribution >= 4 is 16.7 Å². The Morgan fingerprint density at radius 1 is 0.943 bits per heavy atom. The fraction of sp³-hybridized carbons (Fsp3) is 0.222. The summed E-state index contributed by atoms with van der Waals surface area (Å²) in [4.78, 5) is 26.5. The molecule has 1 amide bonds. The molecule has 4 aromatic rings. The minimum atomic E-state index is -0.391. The number of nitrogens with one attached hydrogen (secondary N) is 1. The van der Waals surface area contributed by atoms with Gasteiger partial charge in [-0.25, -0.2) is 0 Å². The van der Waals surface area contributed by atoms with Crippen LogP contribution in [0.15, 0.2) is 77.6 Å². The van der Waals surface area contributed by atoms with Crippen LogP contribution in [0, 0.1) is 0 Å². The molecule has 180 valence electrons. The van der Waals surface area contributed by atoms with Gasteiger partial charge in [0.25, 0.3) is 11.5 Å². The molecule has 1 aromatic heterocycles. The number of aromatic nitrogens is 2. The summed E-state index contributed by atoms with van der Waals surface area (Å²) in [6, 6.07) is 21.1. The molecule has 0 spiro atoms. The summed E-state index contributed by atoms with van der Waals surface area (Å²) < 4.78 is 17.4. The van der Waals surface area contributed by atoms with Crippen molar-refractivity contribution in [1.82, 2.24) is 15.1 Å². The molecule has 1 N–H and O–H groups in total. The van der Waals surface area contributed by atoms with Gasteiger partial charge < -0.3 is 19.5 Å². The van der Waals surface area contributed by atoms with Gasteiger partial charge in [-0.3, -0.25) is 9.59 Å². The summed E-state index contributed by atoms with van der Waals surface area (Å²) in [7, 11) is 3.17. The summed E-state index contributed by atoms with van der Waals surface area (Å²) in [5.41, 5.74) is 1.29. The van der Waals surface area contributed by atoms with Gasteiger partial charge in [0.05, 0.1) is 30.8 Å². The van der Waals surface area contributed by atoms with Crippen LogP contribution < -0.4 is 20.3 Å². The van der Waals surface area contributed by atoms with E-state index in [9.17, 15) is 9.59 Å². The zero-order valence-corrected chi connectivity index (χ0v) is 19.9. The lowest BCUT2D eigenvalue weighted by Gasteiger charge is -2.18. The van der Waals surface area contributed by atoms with Gasteiger partial charge in [0.2, 0.25) is 0 Å². The Bertz CT molecular complexity index is 1380. The molecule has 35 heavy (non-hydrogen) atoms. The molecule has 0 aliphatic rings. The third-order valence-corrected chi connectivity index (χ3v) is 5.60. The molecule has 8 nitrogen and oxygen atoms in total. The molecule has 0 aliphatic carbocycles. The van der Waals surface area contributed by atoms with E-state index >= 15 is 0 Å². The van der Waals surface area contributed by atoms with Crippen LogP contribution in [0.5, 0.6) is 11.5 Å². The standard InChI is InChI=1S/C27H27N3O5/c1-18(19-13-14-23(24(17-19)34-3)35-16-15-33-2)28-26(31)25-21-11-7-8-12-22(21)27(32)30(29-25)20-9-5-4-6-10-20/h4-14,17-18H,15-16H2,1-3H3,(H,28,31). The zero-order chi connectivity index (χ0) is 24.8. The van der Waals surface area contributed by atoms with E-state index in [2.05, 4.69) is 10.4 Å². The Morgan fingerprint density at radius 3 is 2.37 bits per heavy atom. The Balaban J connectivity index is 1.65. The number of hydrogen-bond acceptors (Lipinski definition) is 6. The Labute approximate surface area is 203 Å². The lowest BCUT2D eigenvalue weighted by molar-refractivity contribution is 0.0935. The van der Waals surface area contributed by atoms with Gasteiger partial charge in [0, 0.05) is 12.5 Å². The second-order valence-electron chi connectivity index (χ2n) is 7.89. The van der Waals surface area contributed by atoms with Crippen molar-refractivity contribution in [2.75, 3.05) is 27.4 Å². The molecule has 3 aromatic carbocycles. The van der Waals surface area contributed by atoms with Gasteiger partial charge in [0.1, 0.15) is 6.61 Å². The molecule has 1 heterocycles. The largest absolute Gasteiger partial charge is 0.493 e. The van der Waals surface area contributed by atoms with E-state index in [4.69, 9.17) is 14.2 Å². The maximum absolute atomic E-state index is 13.4. The average Bonchev–Trinajstić information content (AvgIpc) is 2.89. The molecular formula is C27H27N3O5. The van der Waals surface area contributed by atoms with E-state index in [1.54, 1.807) is 56.7 Å². The zero-order valence-electron chi connectivity index (χ0n) is 19.9. The van der Waals surface area contributed by atoms with E-state index in [0.717, 1.165) is 5.56 Å². The molecular weight excluding hydrogens is 446 g/mol. The number of hydrogen-bond donors (Lipinski definition) is 1. The van der Waals surface area contributed by atoms with Gasteiger partial charge in [-0.15, -0.1) is 0 Å². The minimum absolute atomic E-state index is 0.169. The number of carbonyl (C=O) groups is 1. The third-order valence-electron chi connectivity index (χ3n) is 5.60. The molecule has 4 rings (SSSR count). The number of para-hydroxylation sites is 1. The molecule has 8 heteroatoms. The van der Waals surface area contributed by atoms with Crippen molar-refractivity contribution in [3.63, 3.8) is 0 Å². The first-order chi connectivity index (χ1) is 17.0. The number of methoxy groups -OCH3 is 2. The van der Waals surface area contributed by atoms with Crippen LogP contribution in [0.2, 0.25) is 0 Å². The predicted octanol–water partition coefficient (Wildman–Crippen LogP) is 3.91. The van der Waals surface area contributed by atoms with Gasteiger partial charge in [-0.05, 0) is 42.8 Å². The second kappa shape index (κ2) is 10.8. The highest BCUT2D eigenvalue weighted by atomic mass is 16.5. The lowest BCUT2D eigenvalue weighted by atomic mass is 10.1. The highest BCUT2D eigenvalue weighted by molar-refractivity contribution is 6.05. The van der Waals surface area contributed by atoms with Crippen molar-refractivity contribution in [2.24, 2.45) is 0 Å². The number of benzene rings is 3. The van der Waals surface area contributed by atoms with Crippen molar-refractivity contribution in [1.29, 1.82) is 0 Å². The first-order valence-corrected chi connectivity index (χ1v) is 11.2. The van der Waals surface area contributed by atoms with Crippen molar-refractivity contribution in [3.05, 3.63) is 94.4 Å². The first kappa shape index (κ1) is 24.0. The predicted molar refractivity (Wildman–Crippen MR) is 134 cm³/mol. The van der Waals surface area contributed by atoms with Crippen LogP contribution in [-0.2, 0) is 4.74 Å². The highest BCUT2D eigenvalue weighted by Crippen LogP contribution is 2.30. The van der Waals surface area contributed by atoms with Gasteiger partial charge in [-0.2, -0.15) is 9.78 Å². The van der Waals surface area contributed by atoms with Gasteiger partial charge >= 0.3 is 0 Å². The van der Waals surface area contributed by atoms with E-state index in [1.807, 2.05) is 37.3 Å². The highest BCUT2D eigenvalue weighted by Gasteiger charge is 2.20. The van der Waals surface area contributed by atoms with Crippen LogP contribution in [0.3, 0.4) is 0 Å². The molecule has 0 bridgehead atoms. The molecule has 1 unspecified atom stereocenters. The van der Waals surface area contributed by atoms with E-state index in [0.29, 0.717) is 41.2 Å². The Kier molecular flexibility index (Phi) is 7.42. The third kappa shape index (κ3) is 5.17. The summed E-state index contributed by atoms with van der Waals surface area (Å²) in [5, 5.41) is 8.35. The van der Waals surface area contributed by atoms with Crippen LogP contribution >= 0.6 is 0 Å². The van der Waals surface area contributed by atoms with Crippen LogP contribution in [0.25, 0.3) is 16.5 Å². The maximum Gasteiger partial charge on any atom is 0.279 e. The molecule has 0 aliphatic heterocycles. The van der Waals surface area contributed by atoms with Crippen molar-refractivity contribution < 1.29 is 19.0 Å². The topological polar surface area (TPSA) is 91.7 Å². The molecule has 0 saturated carbocycles. The maximum atomic E-state index is 13.4. The van der Waals surface area contributed by atoms with E-state index < -0.39 is 5.91 Å². The fourth-order valence-electron chi connectivity index (χ4n) is 3.76. The smallest absolute Gasteiger partial charge is 0.279 e. The minimum Gasteiger partial charge on any atom is -0.493 e. The number of amides is 1. The summed E-state index contributed by atoms with van der Waals surface area (Å²) in [5.74, 6) is 0.757. The number of carbonyl (C=O) groups excluding carboxylic acids is 1. The molecule has 1 atom stereocenters. The number of fused-ring (bicyclic) bond motifs is 1. The number of ether oxygens (including phenoxy) is 3. The number of rotatable bonds is 9. The van der Waals surface area contributed by atoms with Gasteiger partial charge in [-0.1, -0.05) is 42.5 Å². The number of nitrogens with zero attached hydrogens (tertiary/aromatic N) is 2. The first-order valence-electron chi connectivity index (χ1n) is 11.2. The van der Waals surface area contributed by atoms with Crippen LogP contribution in [-0.4, -0.2) is 43.1 Å².